The van der Waals surface area contributed by atoms with Crippen molar-refractivity contribution in [2.75, 3.05) is 0 Å². The lowest BCUT2D eigenvalue weighted by molar-refractivity contribution is -0.144. The first-order chi connectivity index (χ1) is 8.21. The third-order valence-corrected chi connectivity index (χ3v) is 2.55. The first kappa shape index (κ1) is 14.1. The van der Waals surface area contributed by atoms with E-state index < -0.39 is 23.3 Å². The lowest BCUT2D eigenvalue weighted by Crippen LogP contribution is -2.51. The maximum atomic E-state index is 11.8. The van der Waals surface area contributed by atoms with Crippen LogP contribution in [0.4, 0.5) is 0 Å². The van der Waals surface area contributed by atoms with Crippen molar-refractivity contribution in [3.63, 3.8) is 0 Å². The highest BCUT2D eigenvalue weighted by atomic mass is 16.4. The van der Waals surface area contributed by atoms with E-state index in [-0.39, 0.29) is 24.5 Å². The number of rotatable bonds is 3. The molecular weight excluding hydrogens is 238 g/mol. The Labute approximate surface area is 105 Å². The molecule has 7 heteroatoms. The van der Waals surface area contributed by atoms with Crippen LogP contribution in [0.1, 0.15) is 33.6 Å². The van der Waals surface area contributed by atoms with Crippen molar-refractivity contribution < 1.29 is 19.5 Å². The van der Waals surface area contributed by atoms with E-state index in [1.807, 2.05) is 0 Å². The number of carboxylic acids is 1. The summed E-state index contributed by atoms with van der Waals surface area (Å²) in [6, 6.07) is -1.01. The van der Waals surface area contributed by atoms with Gasteiger partial charge in [0.05, 0.1) is 0 Å². The van der Waals surface area contributed by atoms with Crippen LogP contribution in [0.2, 0.25) is 0 Å². The molecule has 0 radical (unpaired) electrons. The van der Waals surface area contributed by atoms with Gasteiger partial charge in [-0.25, -0.2) is 10.2 Å². The van der Waals surface area contributed by atoms with Crippen LogP contribution in [-0.4, -0.2) is 34.6 Å². The first-order valence-electron chi connectivity index (χ1n) is 5.61. The van der Waals surface area contributed by atoms with Gasteiger partial charge in [0.1, 0.15) is 11.8 Å². The molecule has 0 saturated carbocycles. The molecule has 2 amide bonds. The molecule has 18 heavy (non-hydrogen) atoms. The standard InChI is InChI=1S/C11H17N3O4/c1-11(2,3)8(10(17)18)12-9(16)6-4-5-7(15)14-13-6/h8H,4-5H2,1-3H3,(H,12,16)(H,14,15)(H,17,18). The van der Waals surface area contributed by atoms with Gasteiger partial charge in [-0.1, -0.05) is 20.8 Å². The van der Waals surface area contributed by atoms with Gasteiger partial charge in [-0.05, 0) is 5.41 Å². The Bertz CT molecular complexity index is 409. The molecule has 0 aromatic carbocycles. The zero-order chi connectivity index (χ0) is 13.9. The van der Waals surface area contributed by atoms with Crippen molar-refractivity contribution in [1.82, 2.24) is 10.7 Å². The fourth-order valence-electron chi connectivity index (χ4n) is 1.50. The minimum atomic E-state index is -1.10. The van der Waals surface area contributed by atoms with Crippen molar-refractivity contribution in [3.05, 3.63) is 0 Å². The van der Waals surface area contributed by atoms with E-state index in [9.17, 15) is 14.4 Å². The summed E-state index contributed by atoms with van der Waals surface area (Å²) in [7, 11) is 0. The Kier molecular flexibility index (Phi) is 4.05. The summed E-state index contributed by atoms with van der Waals surface area (Å²) in [5.74, 6) is -1.91. The van der Waals surface area contributed by atoms with E-state index in [1.165, 1.54) is 0 Å². The monoisotopic (exact) mass is 255 g/mol. The minimum Gasteiger partial charge on any atom is -0.480 e. The Morgan fingerprint density at radius 3 is 2.39 bits per heavy atom. The van der Waals surface area contributed by atoms with E-state index in [0.717, 1.165) is 0 Å². The summed E-state index contributed by atoms with van der Waals surface area (Å²) in [4.78, 5) is 33.8. The summed E-state index contributed by atoms with van der Waals surface area (Å²) in [6.07, 6.45) is 0.396. The summed E-state index contributed by atoms with van der Waals surface area (Å²) < 4.78 is 0. The molecule has 0 bridgehead atoms. The molecule has 0 saturated heterocycles. The number of hydrogen-bond acceptors (Lipinski definition) is 4. The molecule has 100 valence electrons. The van der Waals surface area contributed by atoms with Crippen LogP contribution in [0.3, 0.4) is 0 Å². The van der Waals surface area contributed by atoms with E-state index in [0.29, 0.717) is 0 Å². The number of carbonyl (C=O) groups excluding carboxylic acids is 2. The third-order valence-electron chi connectivity index (χ3n) is 2.55. The van der Waals surface area contributed by atoms with Gasteiger partial charge in [-0.2, -0.15) is 5.10 Å². The van der Waals surface area contributed by atoms with Crippen molar-refractivity contribution in [2.45, 2.75) is 39.7 Å². The molecule has 0 aromatic rings. The topological polar surface area (TPSA) is 108 Å². The van der Waals surface area contributed by atoms with Gasteiger partial charge >= 0.3 is 5.97 Å². The second kappa shape index (κ2) is 5.16. The van der Waals surface area contributed by atoms with Crippen LogP contribution in [0.25, 0.3) is 0 Å². The number of nitrogens with zero attached hydrogens (tertiary/aromatic N) is 1. The molecule has 1 unspecified atom stereocenters. The maximum Gasteiger partial charge on any atom is 0.326 e. The van der Waals surface area contributed by atoms with Crippen molar-refractivity contribution in [3.8, 4) is 0 Å². The Hall–Kier alpha value is -1.92. The van der Waals surface area contributed by atoms with Gasteiger partial charge < -0.3 is 10.4 Å². The fourth-order valence-corrected chi connectivity index (χ4v) is 1.50. The highest BCUT2D eigenvalue weighted by Gasteiger charge is 2.33. The quantitative estimate of drug-likeness (QED) is 0.652. The number of aliphatic carboxylic acids is 1. The molecule has 7 nitrogen and oxygen atoms in total. The second-order valence-electron chi connectivity index (χ2n) is 5.20. The predicted molar refractivity (Wildman–Crippen MR) is 63.8 cm³/mol. The van der Waals surface area contributed by atoms with Gasteiger partial charge in [0.15, 0.2) is 0 Å². The van der Waals surface area contributed by atoms with Gasteiger partial charge in [0, 0.05) is 12.8 Å². The average molecular weight is 255 g/mol. The molecule has 0 aliphatic carbocycles. The normalized spacial score (nSPS) is 17.5. The van der Waals surface area contributed by atoms with E-state index in [2.05, 4.69) is 15.8 Å². The van der Waals surface area contributed by atoms with Gasteiger partial charge in [0.2, 0.25) is 5.91 Å². The molecule has 1 aliphatic rings. The van der Waals surface area contributed by atoms with Crippen molar-refractivity contribution in [2.24, 2.45) is 10.5 Å². The summed E-state index contributed by atoms with van der Waals surface area (Å²) in [5.41, 5.74) is 1.73. The highest BCUT2D eigenvalue weighted by molar-refractivity contribution is 6.39. The van der Waals surface area contributed by atoms with Gasteiger partial charge in [-0.3, -0.25) is 9.59 Å². The fraction of sp³-hybridized carbons (Fsp3) is 0.636. The number of amides is 2. The zero-order valence-corrected chi connectivity index (χ0v) is 10.6. The summed E-state index contributed by atoms with van der Waals surface area (Å²) >= 11 is 0. The van der Waals surface area contributed by atoms with Crippen molar-refractivity contribution in [1.29, 1.82) is 0 Å². The van der Waals surface area contributed by atoms with E-state index in [4.69, 9.17) is 5.11 Å². The molecule has 1 heterocycles. The van der Waals surface area contributed by atoms with Crippen LogP contribution in [0.5, 0.6) is 0 Å². The minimum absolute atomic E-state index is 0.144. The molecule has 0 fully saturated rings. The van der Waals surface area contributed by atoms with Crippen LogP contribution in [-0.2, 0) is 14.4 Å². The Morgan fingerprint density at radius 1 is 1.39 bits per heavy atom. The Morgan fingerprint density at radius 2 is 2.00 bits per heavy atom. The van der Waals surface area contributed by atoms with Crippen LogP contribution >= 0.6 is 0 Å². The molecule has 0 aromatic heterocycles. The largest absolute Gasteiger partial charge is 0.480 e. The first-order valence-corrected chi connectivity index (χ1v) is 5.61. The number of hydrogen-bond donors (Lipinski definition) is 3. The number of carbonyl (C=O) groups is 3. The Balaban J connectivity index is 2.74. The van der Waals surface area contributed by atoms with E-state index in [1.54, 1.807) is 20.8 Å². The molecule has 3 N–H and O–H groups in total. The van der Waals surface area contributed by atoms with Crippen LogP contribution in [0, 0.1) is 5.41 Å². The average Bonchev–Trinajstić information content (AvgIpc) is 2.24. The van der Waals surface area contributed by atoms with Crippen LogP contribution < -0.4 is 10.7 Å². The van der Waals surface area contributed by atoms with Crippen molar-refractivity contribution >= 4 is 23.5 Å². The summed E-state index contributed by atoms with van der Waals surface area (Å²) in [5, 5.41) is 15.1. The molecule has 0 spiro atoms. The lowest BCUT2D eigenvalue weighted by Gasteiger charge is -2.28. The predicted octanol–water partition coefficient (Wildman–Crippen LogP) is -0.132. The number of hydrazone groups is 1. The lowest BCUT2D eigenvalue weighted by atomic mass is 9.86. The molecule has 1 atom stereocenters. The SMILES string of the molecule is CC(C)(C)C(NC(=O)C1=NNC(=O)CC1)C(=O)O. The van der Waals surface area contributed by atoms with Crippen LogP contribution in [0.15, 0.2) is 5.10 Å². The molecule has 1 rings (SSSR count). The zero-order valence-electron chi connectivity index (χ0n) is 10.6. The highest BCUT2D eigenvalue weighted by Crippen LogP contribution is 2.19. The smallest absolute Gasteiger partial charge is 0.326 e. The third kappa shape index (κ3) is 3.54. The van der Waals surface area contributed by atoms with Gasteiger partial charge in [0.25, 0.3) is 5.91 Å². The number of nitrogens with one attached hydrogen (secondary N) is 2. The molecule has 1 aliphatic heterocycles. The number of carboxylic acid groups (broad SMARTS) is 1. The maximum absolute atomic E-state index is 11.8. The molecular formula is C11H17N3O4. The van der Waals surface area contributed by atoms with Gasteiger partial charge in [-0.15, -0.1) is 0 Å². The summed E-state index contributed by atoms with van der Waals surface area (Å²) in [6.45, 7) is 5.16. The van der Waals surface area contributed by atoms with E-state index >= 15 is 0 Å². The second-order valence-corrected chi connectivity index (χ2v) is 5.20.